The second kappa shape index (κ2) is 11.3. The summed E-state index contributed by atoms with van der Waals surface area (Å²) in [4.78, 5) is 0. The third-order valence-electron chi connectivity index (χ3n) is 6.43. The Kier molecular flexibility index (Phi) is 8.33. The van der Waals surface area contributed by atoms with Gasteiger partial charge in [0.25, 0.3) is 0 Å². The highest BCUT2D eigenvalue weighted by atomic mass is 19.4. The number of benzene rings is 4. The van der Waals surface area contributed by atoms with Crippen LogP contribution in [0.15, 0.2) is 84.9 Å². The van der Waals surface area contributed by atoms with Crippen LogP contribution in [0.3, 0.4) is 0 Å². The summed E-state index contributed by atoms with van der Waals surface area (Å²) < 4.78 is 178. The molecule has 240 valence electrons. The predicted octanol–water partition coefficient (Wildman–Crippen LogP) is 9.88. The minimum atomic E-state index is -6.46. The molecule has 4 aromatic carbocycles. The van der Waals surface area contributed by atoms with Crippen LogP contribution in [0, 0.1) is 0 Å². The molecule has 0 atom stereocenters. The van der Waals surface area contributed by atoms with Gasteiger partial charge in [-0.05, 0) is 48.5 Å². The van der Waals surface area contributed by atoms with Gasteiger partial charge in [0.05, 0.1) is 0 Å². The number of nitrogen functional groups attached to an aromatic ring is 2. The Labute approximate surface area is 245 Å². The van der Waals surface area contributed by atoms with Gasteiger partial charge < -0.3 is 20.9 Å². The summed E-state index contributed by atoms with van der Waals surface area (Å²) in [5.41, 5.74) is -0.684. The third kappa shape index (κ3) is 6.26. The van der Waals surface area contributed by atoms with Crippen molar-refractivity contribution in [2.75, 3.05) is 11.5 Å². The first-order valence-corrected chi connectivity index (χ1v) is 12.3. The maximum Gasteiger partial charge on any atom is 0.457 e. The molecule has 16 heteroatoms. The van der Waals surface area contributed by atoms with Gasteiger partial charge in [-0.3, -0.25) is 0 Å². The maximum atomic E-state index is 16.3. The fourth-order valence-corrected chi connectivity index (χ4v) is 4.36. The number of alkyl halides is 12. The van der Waals surface area contributed by atoms with Gasteiger partial charge in [0.15, 0.2) is 0 Å². The zero-order valence-electron chi connectivity index (χ0n) is 22.1. The van der Waals surface area contributed by atoms with E-state index in [1.54, 1.807) is 0 Å². The molecule has 0 heterocycles. The van der Waals surface area contributed by atoms with Gasteiger partial charge in [-0.25, -0.2) is 4.39 Å². The van der Waals surface area contributed by atoms with E-state index in [4.69, 9.17) is 20.9 Å². The highest BCUT2D eigenvalue weighted by Gasteiger charge is 2.72. The van der Waals surface area contributed by atoms with Crippen LogP contribution >= 0.6 is 0 Å². The normalized spacial score (nSPS) is 13.1. The van der Waals surface area contributed by atoms with E-state index in [0.29, 0.717) is 48.5 Å². The molecule has 0 spiro atoms. The van der Waals surface area contributed by atoms with Crippen molar-refractivity contribution in [3.05, 3.63) is 107 Å². The molecular weight excluding hydrogens is 636 g/mol. The summed E-state index contributed by atoms with van der Waals surface area (Å²) in [6, 6.07) is 10.2. The van der Waals surface area contributed by atoms with Crippen LogP contribution in [-0.4, -0.2) is 12.1 Å². The lowest BCUT2D eigenvalue weighted by Gasteiger charge is -2.35. The predicted molar refractivity (Wildman–Crippen MR) is 138 cm³/mol. The Hall–Kier alpha value is -4.76. The van der Waals surface area contributed by atoms with Crippen molar-refractivity contribution < 1.29 is 62.2 Å². The first-order valence-electron chi connectivity index (χ1n) is 12.3. The number of hydrogen-bond acceptors (Lipinski definition) is 4. The van der Waals surface area contributed by atoms with Gasteiger partial charge in [-0.1, -0.05) is 36.4 Å². The zero-order valence-corrected chi connectivity index (χ0v) is 22.1. The van der Waals surface area contributed by atoms with Crippen molar-refractivity contribution in [3.8, 4) is 23.0 Å². The molecule has 0 aliphatic carbocycles. The van der Waals surface area contributed by atoms with Gasteiger partial charge >= 0.3 is 24.5 Å². The van der Waals surface area contributed by atoms with Gasteiger partial charge in [0, 0.05) is 22.5 Å². The van der Waals surface area contributed by atoms with E-state index in [0.717, 1.165) is 36.4 Å². The lowest BCUT2D eigenvalue weighted by molar-refractivity contribution is -0.323. The van der Waals surface area contributed by atoms with Crippen molar-refractivity contribution >= 4 is 11.4 Å². The highest BCUT2D eigenvalue weighted by molar-refractivity contribution is 5.58. The van der Waals surface area contributed by atoms with Gasteiger partial charge in [0.2, 0.25) is 5.67 Å². The lowest BCUT2D eigenvalue weighted by Crippen LogP contribution is -2.53. The van der Waals surface area contributed by atoms with Crippen LogP contribution in [0.5, 0.6) is 23.0 Å². The van der Waals surface area contributed by atoms with Crippen molar-refractivity contribution in [2.24, 2.45) is 0 Å². The van der Waals surface area contributed by atoms with E-state index < -0.39 is 86.7 Å². The summed E-state index contributed by atoms with van der Waals surface area (Å²) >= 11 is 0. The minimum Gasteiger partial charge on any atom is -0.457 e. The van der Waals surface area contributed by atoms with Crippen molar-refractivity contribution in [2.45, 2.75) is 30.1 Å². The molecule has 4 nitrogen and oxygen atoms in total. The topological polar surface area (TPSA) is 70.5 Å². The van der Waals surface area contributed by atoms with Crippen LogP contribution in [0.1, 0.15) is 22.3 Å². The summed E-state index contributed by atoms with van der Waals surface area (Å²) in [6.45, 7) is 0. The number of rotatable bonds is 7. The molecule has 0 aliphatic heterocycles. The molecule has 4 N–H and O–H groups in total. The monoisotopic (exact) mass is 654 g/mol. The summed E-state index contributed by atoms with van der Waals surface area (Å²) in [5.74, 6) is -8.75. The largest absolute Gasteiger partial charge is 0.457 e. The van der Waals surface area contributed by atoms with E-state index in [-0.39, 0.29) is 0 Å². The summed E-state index contributed by atoms with van der Waals surface area (Å²) in [6.07, 6.45) is -16.4. The van der Waals surface area contributed by atoms with E-state index in [1.165, 1.54) is 0 Å². The van der Waals surface area contributed by atoms with Gasteiger partial charge in [-0.15, -0.1) is 0 Å². The average Bonchev–Trinajstić information content (AvgIpc) is 2.91. The van der Waals surface area contributed by atoms with Crippen molar-refractivity contribution in [3.63, 3.8) is 0 Å². The summed E-state index contributed by atoms with van der Waals surface area (Å²) in [7, 11) is 0. The van der Waals surface area contributed by atoms with Gasteiger partial charge in [-0.2, -0.15) is 48.3 Å². The third-order valence-corrected chi connectivity index (χ3v) is 6.43. The summed E-state index contributed by atoms with van der Waals surface area (Å²) in [5, 5.41) is 0. The molecule has 0 fully saturated rings. The Bertz CT molecular complexity index is 1550. The lowest BCUT2D eigenvalue weighted by atomic mass is 9.82. The fraction of sp³-hybridized carbons (Fsp3) is 0.172. The Balaban J connectivity index is 1.73. The second-order valence-electron chi connectivity index (χ2n) is 9.42. The number of hydrogen-bond donors (Lipinski definition) is 2. The molecule has 4 aromatic rings. The van der Waals surface area contributed by atoms with Crippen LogP contribution in [0.2, 0.25) is 0 Å². The molecule has 0 radical (unpaired) electrons. The quantitative estimate of drug-likeness (QED) is 0.154. The second-order valence-corrected chi connectivity index (χ2v) is 9.42. The smallest absolute Gasteiger partial charge is 0.457 e. The molecule has 0 saturated carbocycles. The fourth-order valence-electron chi connectivity index (χ4n) is 4.36. The van der Waals surface area contributed by atoms with E-state index in [2.05, 4.69) is 0 Å². The highest BCUT2D eigenvalue weighted by Crippen LogP contribution is 2.55. The molecule has 0 unspecified atom stereocenters. The van der Waals surface area contributed by atoms with E-state index >= 15 is 4.39 Å². The van der Waals surface area contributed by atoms with Crippen LogP contribution in [-0.2, 0) is 18.0 Å². The Morgan fingerprint density at radius 2 is 0.778 bits per heavy atom. The molecule has 0 amide bonds. The number of halogens is 12. The first-order chi connectivity index (χ1) is 20.7. The van der Waals surface area contributed by atoms with Crippen LogP contribution in [0.4, 0.5) is 64.1 Å². The van der Waals surface area contributed by atoms with Crippen LogP contribution < -0.4 is 20.9 Å². The molecule has 45 heavy (non-hydrogen) atoms. The standard InChI is InChI=1S/C29H18F12N2O2/c30-25(28(37,38)29(39,40)41,15-7-11-17(12-8-15)44-21-5-1-3-19(42)23(21)26(31,32)33)16-9-13-18(14-10-16)45-22-6-2-4-20(43)24(22)27(34,35)36/h1-14H,42-43H2. The first kappa shape index (κ1) is 33.1. The number of nitrogens with two attached hydrogens (primary N) is 2. The van der Waals surface area contributed by atoms with Gasteiger partial charge in [0.1, 0.15) is 34.1 Å². The van der Waals surface area contributed by atoms with E-state index in [1.807, 2.05) is 0 Å². The molecule has 0 aromatic heterocycles. The maximum absolute atomic E-state index is 16.3. The average molecular weight is 654 g/mol. The SMILES string of the molecule is Nc1cccc(Oc2ccc(C(F)(c3ccc(Oc4cccc(N)c4C(F)(F)F)cc3)C(F)(F)C(F)(F)F)cc2)c1C(F)(F)F. The van der Waals surface area contributed by atoms with E-state index in [9.17, 15) is 48.3 Å². The van der Waals surface area contributed by atoms with Crippen molar-refractivity contribution in [1.82, 2.24) is 0 Å². The number of anilines is 2. The zero-order chi connectivity index (χ0) is 33.6. The molecule has 4 rings (SSSR count). The molecule has 0 bridgehead atoms. The molecule has 0 saturated heterocycles. The van der Waals surface area contributed by atoms with Crippen LogP contribution in [0.25, 0.3) is 0 Å². The minimum absolute atomic E-state index is 0.446. The number of ether oxygens (including phenoxy) is 2. The Morgan fingerprint density at radius 3 is 1.07 bits per heavy atom. The van der Waals surface area contributed by atoms with Crippen molar-refractivity contribution in [1.29, 1.82) is 0 Å². The Morgan fingerprint density at radius 1 is 0.444 bits per heavy atom. The molecule has 0 aliphatic rings. The molecular formula is C29H18F12N2O2.